The summed E-state index contributed by atoms with van der Waals surface area (Å²) in [6.07, 6.45) is 0.571. The molecule has 194 valence electrons. The molecule has 0 radical (unpaired) electrons. The van der Waals surface area contributed by atoms with Crippen molar-refractivity contribution in [3.63, 3.8) is 0 Å². The van der Waals surface area contributed by atoms with Gasteiger partial charge in [-0.15, -0.1) is 0 Å². The first kappa shape index (κ1) is 29.3. The van der Waals surface area contributed by atoms with E-state index in [2.05, 4.69) is 16.0 Å². The average molecular weight is 496 g/mol. The summed E-state index contributed by atoms with van der Waals surface area (Å²) in [6, 6.07) is 2.64. The topological polar surface area (TPSA) is 234 Å². The minimum Gasteiger partial charge on any atom is -0.508 e. The Labute approximate surface area is 202 Å². The summed E-state index contributed by atoms with van der Waals surface area (Å²) in [5, 5.41) is 34.4. The normalized spacial score (nSPS) is 13.2. The van der Waals surface area contributed by atoms with Gasteiger partial charge in [0.25, 0.3) is 0 Å². The van der Waals surface area contributed by atoms with Crippen LogP contribution in [-0.4, -0.2) is 76.2 Å². The van der Waals surface area contributed by atoms with Crippen LogP contribution in [0.5, 0.6) is 5.75 Å². The predicted molar refractivity (Wildman–Crippen MR) is 124 cm³/mol. The van der Waals surface area contributed by atoms with Gasteiger partial charge in [-0.25, -0.2) is 4.79 Å². The van der Waals surface area contributed by atoms with E-state index in [4.69, 9.17) is 16.6 Å². The maximum absolute atomic E-state index is 12.6. The molecule has 35 heavy (non-hydrogen) atoms. The molecule has 13 heteroatoms. The summed E-state index contributed by atoms with van der Waals surface area (Å²) in [4.78, 5) is 59.3. The molecule has 3 atom stereocenters. The van der Waals surface area contributed by atoms with Crippen LogP contribution in [0.1, 0.15) is 37.7 Å². The Morgan fingerprint density at radius 3 is 2.11 bits per heavy atom. The number of aromatic hydroxyl groups is 1. The van der Waals surface area contributed by atoms with Gasteiger partial charge >= 0.3 is 11.9 Å². The zero-order valence-corrected chi connectivity index (χ0v) is 19.2. The minimum absolute atomic E-state index is 0.0741. The van der Waals surface area contributed by atoms with Gasteiger partial charge in [-0.1, -0.05) is 12.1 Å². The largest absolute Gasteiger partial charge is 0.508 e. The lowest BCUT2D eigenvalue weighted by atomic mass is 10.1. The third kappa shape index (κ3) is 11.8. The van der Waals surface area contributed by atoms with Crippen LogP contribution in [0, 0.1) is 0 Å². The second kappa shape index (κ2) is 15.2. The number of aliphatic carboxylic acids is 2. The fourth-order valence-corrected chi connectivity index (χ4v) is 3.08. The summed E-state index contributed by atoms with van der Waals surface area (Å²) in [5.41, 5.74) is 12.0. The Hall–Kier alpha value is -3.71. The lowest BCUT2D eigenvalue weighted by Gasteiger charge is -2.21. The van der Waals surface area contributed by atoms with E-state index in [1.165, 1.54) is 12.1 Å². The molecule has 0 aliphatic rings. The van der Waals surface area contributed by atoms with Crippen LogP contribution in [0.3, 0.4) is 0 Å². The van der Waals surface area contributed by atoms with Crippen LogP contribution in [0.15, 0.2) is 24.3 Å². The van der Waals surface area contributed by atoms with E-state index < -0.39 is 60.8 Å². The molecule has 0 saturated heterocycles. The molecule has 3 unspecified atom stereocenters. The SMILES string of the molecule is NCCCCC(NC(=O)CNC(=O)C(N)Cc1ccc(O)cc1)C(=O)NC(CCC(=O)O)C(=O)O. The van der Waals surface area contributed by atoms with Gasteiger partial charge in [-0.2, -0.15) is 0 Å². The summed E-state index contributed by atoms with van der Waals surface area (Å²) in [5.74, 6) is -4.62. The number of phenolic OH excluding ortho intramolecular Hbond substituents is 1. The highest BCUT2D eigenvalue weighted by atomic mass is 16.4. The summed E-state index contributed by atoms with van der Waals surface area (Å²) in [7, 11) is 0. The van der Waals surface area contributed by atoms with Gasteiger partial charge < -0.3 is 42.7 Å². The molecule has 13 nitrogen and oxygen atoms in total. The van der Waals surface area contributed by atoms with Crippen molar-refractivity contribution in [2.45, 2.75) is 56.7 Å². The number of carbonyl (C=O) groups is 5. The Bertz CT molecular complexity index is 877. The molecule has 0 aromatic heterocycles. The van der Waals surface area contributed by atoms with Gasteiger partial charge in [-0.05, 0) is 56.3 Å². The molecule has 1 rings (SSSR count). The summed E-state index contributed by atoms with van der Waals surface area (Å²) < 4.78 is 0. The minimum atomic E-state index is -1.44. The Kier molecular flexibility index (Phi) is 12.8. The van der Waals surface area contributed by atoms with E-state index in [9.17, 15) is 34.2 Å². The Balaban J connectivity index is 2.66. The number of carbonyl (C=O) groups excluding carboxylic acids is 3. The van der Waals surface area contributed by atoms with Crippen molar-refractivity contribution in [3.8, 4) is 5.75 Å². The number of unbranched alkanes of at least 4 members (excludes halogenated alkanes) is 1. The lowest BCUT2D eigenvalue weighted by Crippen LogP contribution is -2.53. The van der Waals surface area contributed by atoms with E-state index in [-0.39, 0.29) is 25.0 Å². The average Bonchev–Trinajstić information content (AvgIpc) is 2.80. The molecule has 0 bridgehead atoms. The van der Waals surface area contributed by atoms with Crippen LogP contribution < -0.4 is 27.4 Å². The summed E-state index contributed by atoms with van der Waals surface area (Å²) in [6.45, 7) is -0.113. The first-order valence-electron chi connectivity index (χ1n) is 11.1. The van der Waals surface area contributed by atoms with Crippen molar-refractivity contribution in [1.82, 2.24) is 16.0 Å². The molecule has 0 aliphatic heterocycles. The molecular weight excluding hydrogens is 462 g/mol. The molecular formula is C22H33N5O8. The molecule has 3 amide bonds. The number of phenols is 1. The predicted octanol–water partition coefficient (Wildman–Crippen LogP) is -1.57. The van der Waals surface area contributed by atoms with Gasteiger partial charge in [0.15, 0.2) is 0 Å². The zero-order chi connectivity index (χ0) is 26.4. The molecule has 0 fully saturated rings. The van der Waals surface area contributed by atoms with E-state index >= 15 is 0 Å². The fourth-order valence-electron chi connectivity index (χ4n) is 3.08. The molecule has 1 aromatic carbocycles. The highest BCUT2D eigenvalue weighted by Gasteiger charge is 2.27. The van der Waals surface area contributed by atoms with Crippen LogP contribution in [0.25, 0.3) is 0 Å². The monoisotopic (exact) mass is 495 g/mol. The number of nitrogens with two attached hydrogens (primary N) is 2. The Morgan fingerprint density at radius 2 is 1.54 bits per heavy atom. The van der Waals surface area contributed by atoms with Gasteiger partial charge in [0.05, 0.1) is 12.6 Å². The van der Waals surface area contributed by atoms with Crippen molar-refractivity contribution in [2.24, 2.45) is 11.5 Å². The second-order valence-corrected chi connectivity index (χ2v) is 7.93. The fraction of sp³-hybridized carbons (Fsp3) is 0.500. The Morgan fingerprint density at radius 1 is 0.886 bits per heavy atom. The van der Waals surface area contributed by atoms with E-state index in [0.29, 0.717) is 24.9 Å². The van der Waals surface area contributed by atoms with Crippen LogP contribution in [0.4, 0.5) is 0 Å². The molecule has 10 N–H and O–H groups in total. The standard InChI is InChI=1S/C22H33N5O8/c23-10-2-1-3-16(21(33)27-17(22(34)35)8-9-19(30)31)26-18(29)12-25-20(32)15(24)11-13-4-6-14(28)7-5-13/h4-7,15-17,28H,1-3,8-12,23-24H2,(H,25,32)(H,26,29)(H,27,33)(H,30,31)(H,34,35). The third-order valence-electron chi connectivity index (χ3n) is 5.01. The molecule has 1 aromatic rings. The summed E-state index contributed by atoms with van der Waals surface area (Å²) >= 11 is 0. The number of amides is 3. The quantitative estimate of drug-likeness (QED) is 0.123. The van der Waals surface area contributed by atoms with Crippen LogP contribution in [-0.2, 0) is 30.4 Å². The van der Waals surface area contributed by atoms with E-state index in [1.807, 2.05) is 0 Å². The maximum atomic E-state index is 12.6. The van der Waals surface area contributed by atoms with Gasteiger partial charge in [0.2, 0.25) is 17.7 Å². The van der Waals surface area contributed by atoms with Crippen LogP contribution in [0.2, 0.25) is 0 Å². The highest BCUT2D eigenvalue weighted by molar-refractivity contribution is 5.92. The number of carboxylic acids is 2. The van der Waals surface area contributed by atoms with Crippen molar-refractivity contribution in [2.75, 3.05) is 13.1 Å². The maximum Gasteiger partial charge on any atom is 0.326 e. The van der Waals surface area contributed by atoms with Gasteiger partial charge in [0.1, 0.15) is 17.8 Å². The van der Waals surface area contributed by atoms with E-state index in [0.717, 1.165) is 0 Å². The smallest absolute Gasteiger partial charge is 0.326 e. The zero-order valence-electron chi connectivity index (χ0n) is 19.2. The van der Waals surface area contributed by atoms with Crippen LogP contribution >= 0.6 is 0 Å². The number of hydrogen-bond acceptors (Lipinski definition) is 8. The number of benzene rings is 1. The highest BCUT2D eigenvalue weighted by Crippen LogP contribution is 2.11. The van der Waals surface area contributed by atoms with Gasteiger partial charge in [-0.3, -0.25) is 19.2 Å². The number of nitrogens with one attached hydrogen (secondary N) is 3. The van der Waals surface area contributed by atoms with Crippen molar-refractivity contribution >= 4 is 29.7 Å². The first-order chi connectivity index (χ1) is 16.5. The number of hydrogen-bond donors (Lipinski definition) is 8. The second-order valence-electron chi connectivity index (χ2n) is 7.93. The lowest BCUT2D eigenvalue weighted by molar-refractivity contribution is -0.143. The van der Waals surface area contributed by atoms with Gasteiger partial charge in [0, 0.05) is 6.42 Å². The number of rotatable bonds is 16. The molecule has 0 aliphatic carbocycles. The van der Waals surface area contributed by atoms with Crippen molar-refractivity contribution in [3.05, 3.63) is 29.8 Å². The van der Waals surface area contributed by atoms with Crippen molar-refractivity contribution < 1.29 is 39.3 Å². The third-order valence-corrected chi connectivity index (χ3v) is 5.01. The first-order valence-corrected chi connectivity index (χ1v) is 11.1. The molecule has 0 heterocycles. The number of carboxylic acid groups (broad SMARTS) is 2. The van der Waals surface area contributed by atoms with E-state index in [1.54, 1.807) is 12.1 Å². The molecule has 0 spiro atoms. The van der Waals surface area contributed by atoms with Crippen molar-refractivity contribution in [1.29, 1.82) is 0 Å². The molecule has 0 saturated carbocycles.